The predicted molar refractivity (Wildman–Crippen MR) is 132 cm³/mol. The van der Waals surface area contributed by atoms with Crippen molar-refractivity contribution in [3.63, 3.8) is 0 Å². The van der Waals surface area contributed by atoms with E-state index >= 15 is 0 Å². The average Bonchev–Trinajstić information content (AvgIpc) is 3.23. The Balaban J connectivity index is 1.51. The number of thioether (sulfide) groups is 1. The quantitative estimate of drug-likeness (QED) is 0.353. The van der Waals surface area contributed by atoms with Crippen LogP contribution >= 0.6 is 11.8 Å². The molecule has 4 aromatic rings. The van der Waals surface area contributed by atoms with Gasteiger partial charge in [0.25, 0.3) is 0 Å². The highest BCUT2D eigenvalue weighted by molar-refractivity contribution is 7.99. The highest BCUT2D eigenvalue weighted by atomic mass is 32.2. The summed E-state index contributed by atoms with van der Waals surface area (Å²) in [4.78, 5) is 12.6. The first-order valence-corrected chi connectivity index (χ1v) is 11.7. The molecule has 3 aromatic carbocycles. The number of aryl methyl sites for hydroxylation is 3. The van der Waals surface area contributed by atoms with Crippen molar-refractivity contribution in [3.05, 3.63) is 95.3 Å². The Morgan fingerprint density at radius 2 is 1.70 bits per heavy atom. The Bertz CT molecular complexity index is 1250. The molecule has 1 aromatic heterocycles. The maximum atomic E-state index is 12.6. The van der Waals surface area contributed by atoms with E-state index in [9.17, 15) is 4.79 Å². The Kier molecular flexibility index (Phi) is 7.10. The monoisotopic (exact) mass is 458 g/mol. The predicted octanol–water partition coefficient (Wildman–Crippen LogP) is 5.50. The van der Waals surface area contributed by atoms with Gasteiger partial charge in [-0.2, -0.15) is 0 Å². The van der Waals surface area contributed by atoms with Gasteiger partial charge in [-0.25, -0.2) is 0 Å². The molecule has 0 spiro atoms. The molecule has 168 valence electrons. The number of carbonyl (C=O) groups excluding carboxylic acids is 1. The second-order valence-electron chi connectivity index (χ2n) is 7.78. The van der Waals surface area contributed by atoms with Crippen LogP contribution in [0.2, 0.25) is 0 Å². The largest absolute Gasteiger partial charge is 0.485 e. The lowest BCUT2D eigenvalue weighted by atomic mass is 10.1. The van der Waals surface area contributed by atoms with Crippen molar-refractivity contribution in [1.29, 1.82) is 0 Å². The van der Waals surface area contributed by atoms with E-state index in [1.807, 2.05) is 98.1 Å². The third-order valence-electron chi connectivity index (χ3n) is 5.16. The molecule has 0 radical (unpaired) electrons. The summed E-state index contributed by atoms with van der Waals surface area (Å²) in [7, 11) is 0. The molecule has 0 fully saturated rings. The van der Waals surface area contributed by atoms with Crippen LogP contribution in [-0.2, 0) is 11.4 Å². The van der Waals surface area contributed by atoms with Gasteiger partial charge in [0.1, 0.15) is 12.4 Å². The molecule has 0 aliphatic heterocycles. The van der Waals surface area contributed by atoms with Gasteiger partial charge >= 0.3 is 0 Å². The summed E-state index contributed by atoms with van der Waals surface area (Å²) >= 11 is 1.35. The summed E-state index contributed by atoms with van der Waals surface area (Å²) < 4.78 is 7.95. The van der Waals surface area contributed by atoms with Gasteiger partial charge in [-0.15, -0.1) is 10.2 Å². The number of amides is 1. The van der Waals surface area contributed by atoms with Crippen LogP contribution in [0, 0.1) is 20.8 Å². The highest BCUT2D eigenvalue weighted by Gasteiger charge is 2.17. The molecular weight excluding hydrogens is 432 g/mol. The number of nitrogens with one attached hydrogen (secondary N) is 1. The number of hydrogen-bond donors (Lipinski definition) is 1. The van der Waals surface area contributed by atoms with Crippen molar-refractivity contribution in [3.8, 4) is 11.4 Å². The zero-order valence-electron chi connectivity index (χ0n) is 18.9. The van der Waals surface area contributed by atoms with E-state index in [-0.39, 0.29) is 18.3 Å². The molecule has 6 nitrogen and oxygen atoms in total. The molecule has 0 saturated heterocycles. The van der Waals surface area contributed by atoms with E-state index in [0.29, 0.717) is 11.0 Å². The molecule has 0 aliphatic rings. The molecule has 0 bridgehead atoms. The van der Waals surface area contributed by atoms with Crippen LogP contribution in [0.4, 0.5) is 5.69 Å². The van der Waals surface area contributed by atoms with Crippen LogP contribution in [-0.4, -0.2) is 26.4 Å². The van der Waals surface area contributed by atoms with E-state index < -0.39 is 0 Å². The van der Waals surface area contributed by atoms with Crippen LogP contribution in [0.5, 0.6) is 5.75 Å². The number of benzene rings is 3. The molecular formula is C26H26N4O2S. The van der Waals surface area contributed by atoms with Crippen molar-refractivity contribution in [2.24, 2.45) is 0 Å². The highest BCUT2D eigenvalue weighted by Crippen LogP contribution is 2.25. The molecule has 0 unspecified atom stereocenters. The van der Waals surface area contributed by atoms with Crippen LogP contribution in [0.1, 0.15) is 22.5 Å². The zero-order chi connectivity index (χ0) is 23.2. The lowest BCUT2D eigenvalue weighted by Crippen LogP contribution is -2.15. The zero-order valence-corrected chi connectivity index (χ0v) is 19.7. The second kappa shape index (κ2) is 10.4. The fraction of sp³-hybridized carbons (Fsp3) is 0.192. The van der Waals surface area contributed by atoms with Crippen molar-refractivity contribution >= 4 is 23.4 Å². The Morgan fingerprint density at radius 1 is 0.939 bits per heavy atom. The van der Waals surface area contributed by atoms with Crippen molar-refractivity contribution < 1.29 is 9.53 Å². The van der Waals surface area contributed by atoms with Gasteiger partial charge in [0.2, 0.25) is 5.91 Å². The molecule has 1 amide bonds. The molecule has 0 atom stereocenters. The van der Waals surface area contributed by atoms with Gasteiger partial charge in [-0.05, 0) is 61.7 Å². The summed E-state index contributed by atoms with van der Waals surface area (Å²) in [6.07, 6.45) is 0. The summed E-state index contributed by atoms with van der Waals surface area (Å²) in [5, 5.41) is 12.4. The van der Waals surface area contributed by atoms with Gasteiger partial charge in [0.15, 0.2) is 11.0 Å². The van der Waals surface area contributed by atoms with Crippen molar-refractivity contribution in [2.75, 3.05) is 11.1 Å². The Hall–Kier alpha value is -3.58. The Morgan fingerprint density at radius 3 is 2.48 bits per heavy atom. The van der Waals surface area contributed by atoms with E-state index in [2.05, 4.69) is 15.5 Å². The van der Waals surface area contributed by atoms with Gasteiger partial charge in [0, 0.05) is 11.4 Å². The fourth-order valence-electron chi connectivity index (χ4n) is 3.37. The van der Waals surface area contributed by atoms with Gasteiger partial charge in [-0.1, -0.05) is 60.3 Å². The number of aromatic nitrogens is 3. The Labute approximate surface area is 198 Å². The van der Waals surface area contributed by atoms with Crippen LogP contribution in [0.25, 0.3) is 5.69 Å². The van der Waals surface area contributed by atoms with E-state index in [1.165, 1.54) is 11.8 Å². The van der Waals surface area contributed by atoms with E-state index in [1.54, 1.807) is 0 Å². The van der Waals surface area contributed by atoms with Crippen LogP contribution < -0.4 is 10.1 Å². The summed E-state index contributed by atoms with van der Waals surface area (Å²) in [6, 6.07) is 23.7. The third-order valence-corrected chi connectivity index (χ3v) is 6.09. The number of para-hydroxylation sites is 2. The van der Waals surface area contributed by atoms with Crippen LogP contribution in [0.15, 0.2) is 78.0 Å². The maximum absolute atomic E-state index is 12.6. The number of ether oxygens (including phenoxy) is 1. The number of hydrogen-bond acceptors (Lipinski definition) is 5. The molecule has 0 aliphatic carbocycles. The first-order chi connectivity index (χ1) is 16.0. The molecule has 7 heteroatoms. The minimum atomic E-state index is -0.0889. The molecule has 1 heterocycles. The van der Waals surface area contributed by atoms with Crippen molar-refractivity contribution in [2.45, 2.75) is 32.5 Å². The normalized spacial score (nSPS) is 10.8. The summed E-state index contributed by atoms with van der Waals surface area (Å²) in [5.41, 5.74) is 4.94. The van der Waals surface area contributed by atoms with Crippen LogP contribution in [0.3, 0.4) is 0 Å². The molecule has 0 saturated carbocycles. The van der Waals surface area contributed by atoms with Gasteiger partial charge in [-0.3, -0.25) is 9.36 Å². The van der Waals surface area contributed by atoms with Gasteiger partial charge in [0.05, 0.1) is 5.75 Å². The minimum Gasteiger partial charge on any atom is -0.485 e. The summed E-state index contributed by atoms with van der Waals surface area (Å²) in [5.74, 6) is 1.61. The number of anilines is 1. The fourth-order valence-corrected chi connectivity index (χ4v) is 4.14. The molecule has 4 rings (SSSR count). The first kappa shape index (κ1) is 22.6. The first-order valence-electron chi connectivity index (χ1n) is 10.7. The standard InChI is InChI=1S/C26H26N4O2S/c1-18-13-14-19(2)22(15-18)27-25(31)17-33-26-29-28-24(30(26)21-10-5-4-6-11-21)16-32-23-12-8-7-9-20(23)3/h4-15H,16-17H2,1-3H3,(H,27,31). The molecule has 1 N–H and O–H groups in total. The second-order valence-corrected chi connectivity index (χ2v) is 8.72. The summed E-state index contributed by atoms with van der Waals surface area (Å²) in [6.45, 7) is 6.26. The van der Waals surface area contributed by atoms with E-state index in [4.69, 9.17) is 4.74 Å². The van der Waals surface area contributed by atoms with E-state index in [0.717, 1.165) is 33.8 Å². The maximum Gasteiger partial charge on any atom is 0.234 e. The minimum absolute atomic E-state index is 0.0889. The number of carbonyl (C=O) groups is 1. The average molecular weight is 459 g/mol. The number of nitrogens with zero attached hydrogens (tertiary/aromatic N) is 3. The lowest BCUT2D eigenvalue weighted by Gasteiger charge is -2.12. The molecule has 33 heavy (non-hydrogen) atoms. The smallest absolute Gasteiger partial charge is 0.234 e. The number of rotatable bonds is 8. The van der Waals surface area contributed by atoms with Gasteiger partial charge < -0.3 is 10.1 Å². The van der Waals surface area contributed by atoms with Crippen molar-refractivity contribution in [1.82, 2.24) is 14.8 Å². The lowest BCUT2D eigenvalue weighted by molar-refractivity contribution is -0.113. The third kappa shape index (κ3) is 5.62. The topological polar surface area (TPSA) is 69.0 Å². The SMILES string of the molecule is Cc1ccc(C)c(NC(=O)CSc2nnc(COc3ccccc3C)n2-c2ccccc2)c1.